The van der Waals surface area contributed by atoms with Crippen LogP contribution in [0, 0.1) is 18.3 Å². The van der Waals surface area contributed by atoms with E-state index in [1.54, 1.807) is 18.2 Å². The highest BCUT2D eigenvalue weighted by Gasteiger charge is 2.15. The summed E-state index contributed by atoms with van der Waals surface area (Å²) in [7, 11) is 0. The molecule has 3 aromatic carbocycles. The van der Waals surface area contributed by atoms with E-state index in [-0.39, 0.29) is 5.57 Å². The fraction of sp³-hybridized carbons (Fsp3) is 0.154. The molecule has 0 saturated carbocycles. The molecule has 3 aromatic rings. The summed E-state index contributed by atoms with van der Waals surface area (Å²) in [6, 6.07) is 22.8. The molecule has 3 rings (SSSR count). The molecular weight excluding hydrogens is 468 g/mol. The highest BCUT2D eigenvalue weighted by atomic mass is 79.9. The van der Waals surface area contributed by atoms with Crippen molar-refractivity contribution in [3.8, 4) is 17.6 Å². The third-order valence-electron chi connectivity index (χ3n) is 4.66. The maximum atomic E-state index is 12.7. The summed E-state index contributed by atoms with van der Waals surface area (Å²) < 4.78 is 12.4. The largest absolute Gasteiger partial charge is 0.490 e. The number of carbonyl (C=O) groups excluding carboxylic acids is 1. The van der Waals surface area contributed by atoms with E-state index in [2.05, 4.69) is 21.2 Å². The molecule has 6 heteroatoms. The molecule has 0 aromatic heterocycles. The van der Waals surface area contributed by atoms with Gasteiger partial charge < -0.3 is 14.8 Å². The lowest BCUT2D eigenvalue weighted by atomic mass is 10.1. The average Bonchev–Trinajstić information content (AvgIpc) is 2.80. The highest BCUT2D eigenvalue weighted by molar-refractivity contribution is 9.10. The average molecular weight is 491 g/mol. The molecule has 0 atom stereocenters. The minimum Gasteiger partial charge on any atom is -0.490 e. The maximum Gasteiger partial charge on any atom is 0.266 e. The van der Waals surface area contributed by atoms with Gasteiger partial charge in [0.05, 0.1) is 6.61 Å². The number of ether oxygens (including phenoxy) is 2. The quantitative estimate of drug-likeness (QED) is 0.297. The molecule has 0 radical (unpaired) electrons. The van der Waals surface area contributed by atoms with Crippen molar-refractivity contribution in [2.75, 3.05) is 11.9 Å². The van der Waals surface area contributed by atoms with Gasteiger partial charge in [-0.3, -0.25) is 4.79 Å². The molecule has 0 bridgehead atoms. The van der Waals surface area contributed by atoms with Crippen LogP contribution in [0.25, 0.3) is 6.08 Å². The van der Waals surface area contributed by atoms with E-state index < -0.39 is 5.91 Å². The van der Waals surface area contributed by atoms with E-state index in [0.29, 0.717) is 40.4 Å². The molecule has 0 saturated heterocycles. The van der Waals surface area contributed by atoms with E-state index in [0.717, 1.165) is 11.1 Å². The van der Waals surface area contributed by atoms with Gasteiger partial charge in [-0.05, 0) is 54.8 Å². The number of carbonyl (C=O) groups is 1. The Kier molecular flexibility index (Phi) is 8.07. The highest BCUT2D eigenvalue weighted by Crippen LogP contribution is 2.35. The predicted molar refractivity (Wildman–Crippen MR) is 129 cm³/mol. The van der Waals surface area contributed by atoms with Crippen LogP contribution in [-0.4, -0.2) is 12.5 Å². The number of halogens is 1. The van der Waals surface area contributed by atoms with Crippen molar-refractivity contribution < 1.29 is 14.3 Å². The number of nitrogens with one attached hydrogen (secondary N) is 1. The van der Waals surface area contributed by atoms with Gasteiger partial charge in [0.15, 0.2) is 11.5 Å². The Morgan fingerprint density at radius 2 is 1.75 bits per heavy atom. The number of anilines is 1. The molecule has 5 nitrogen and oxygen atoms in total. The van der Waals surface area contributed by atoms with Crippen LogP contribution in [0.2, 0.25) is 0 Å². The Bertz CT molecular complexity index is 1170. The van der Waals surface area contributed by atoms with Gasteiger partial charge in [0, 0.05) is 10.2 Å². The van der Waals surface area contributed by atoms with Crippen LogP contribution in [0.4, 0.5) is 5.69 Å². The third-order valence-corrected chi connectivity index (χ3v) is 5.34. The summed E-state index contributed by atoms with van der Waals surface area (Å²) in [6.45, 7) is 4.62. The lowest BCUT2D eigenvalue weighted by molar-refractivity contribution is -0.112. The predicted octanol–water partition coefficient (Wildman–Crippen LogP) is 6.28. The van der Waals surface area contributed by atoms with Crippen molar-refractivity contribution in [1.29, 1.82) is 5.26 Å². The van der Waals surface area contributed by atoms with Crippen molar-refractivity contribution in [1.82, 2.24) is 0 Å². The Hall–Kier alpha value is -3.56. The minimum absolute atomic E-state index is 0.0191. The molecule has 0 fully saturated rings. The first-order valence-corrected chi connectivity index (χ1v) is 10.9. The Balaban J connectivity index is 1.86. The normalized spacial score (nSPS) is 10.9. The number of nitriles is 1. The van der Waals surface area contributed by atoms with Crippen molar-refractivity contribution in [2.24, 2.45) is 0 Å². The molecule has 0 heterocycles. The molecule has 0 aliphatic rings. The van der Waals surface area contributed by atoms with E-state index in [4.69, 9.17) is 9.47 Å². The van der Waals surface area contributed by atoms with Crippen molar-refractivity contribution in [3.05, 3.63) is 93.5 Å². The van der Waals surface area contributed by atoms with Gasteiger partial charge >= 0.3 is 0 Å². The summed E-state index contributed by atoms with van der Waals surface area (Å²) in [6.07, 6.45) is 1.53. The third kappa shape index (κ3) is 5.99. The topological polar surface area (TPSA) is 71.3 Å². The summed E-state index contributed by atoms with van der Waals surface area (Å²) >= 11 is 3.52. The van der Waals surface area contributed by atoms with E-state index in [9.17, 15) is 10.1 Å². The Morgan fingerprint density at radius 1 is 1.06 bits per heavy atom. The first kappa shape index (κ1) is 23.1. The van der Waals surface area contributed by atoms with Gasteiger partial charge in [0.1, 0.15) is 18.2 Å². The first-order valence-electron chi connectivity index (χ1n) is 10.1. The van der Waals surface area contributed by atoms with Gasteiger partial charge in [-0.25, -0.2) is 0 Å². The maximum absolute atomic E-state index is 12.7. The molecule has 0 spiro atoms. The SMILES string of the molecule is CCOc1cc(/C=C(\C#N)C(=O)Nc2ccccc2C)c(Br)cc1OCc1ccccc1. The molecular formula is C26H23BrN2O3. The molecule has 0 aliphatic heterocycles. The lowest BCUT2D eigenvalue weighted by Gasteiger charge is -2.14. The summed E-state index contributed by atoms with van der Waals surface area (Å²) in [5.41, 5.74) is 3.23. The zero-order chi connectivity index (χ0) is 22.9. The van der Waals surface area contributed by atoms with Crippen LogP contribution >= 0.6 is 15.9 Å². The second-order valence-corrected chi connectivity index (χ2v) is 7.82. The summed E-state index contributed by atoms with van der Waals surface area (Å²) in [5.74, 6) is 0.633. The molecule has 32 heavy (non-hydrogen) atoms. The first-order chi connectivity index (χ1) is 15.5. The molecule has 1 N–H and O–H groups in total. The number of benzene rings is 3. The van der Waals surface area contributed by atoms with Crippen LogP contribution < -0.4 is 14.8 Å². The smallest absolute Gasteiger partial charge is 0.266 e. The van der Waals surface area contributed by atoms with Crippen LogP contribution in [0.15, 0.2) is 76.8 Å². The number of nitrogens with zero attached hydrogens (tertiary/aromatic N) is 1. The monoisotopic (exact) mass is 490 g/mol. The van der Waals surface area contributed by atoms with E-state index >= 15 is 0 Å². The van der Waals surface area contributed by atoms with Gasteiger partial charge in [-0.15, -0.1) is 0 Å². The number of hydrogen-bond donors (Lipinski definition) is 1. The zero-order valence-electron chi connectivity index (χ0n) is 17.9. The number of rotatable bonds is 8. The number of para-hydroxylation sites is 1. The van der Waals surface area contributed by atoms with Crippen LogP contribution in [0.3, 0.4) is 0 Å². The fourth-order valence-electron chi connectivity index (χ4n) is 2.98. The summed E-state index contributed by atoms with van der Waals surface area (Å²) in [4.78, 5) is 12.7. The van der Waals surface area contributed by atoms with Crippen molar-refractivity contribution in [2.45, 2.75) is 20.5 Å². The van der Waals surface area contributed by atoms with Gasteiger partial charge in [0.2, 0.25) is 0 Å². The van der Waals surface area contributed by atoms with Crippen molar-refractivity contribution >= 4 is 33.6 Å². The van der Waals surface area contributed by atoms with E-state index in [1.165, 1.54) is 6.08 Å². The number of hydrogen-bond acceptors (Lipinski definition) is 4. The van der Waals surface area contributed by atoms with Gasteiger partial charge in [-0.2, -0.15) is 5.26 Å². The standard InChI is InChI=1S/C26H23BrN2O3/c1-3-31-24-14-20(22(27)15-25(24)32-17-19-10-5-4-6-11-19)13-21(16-28)26(30)29-23-12-8-7-9-18(23)2/h4-15H,3,17H2,1-2H3,(H,29,30)/b21-13+. The Morgan fingerprint density at radius 3 is 2.44 bits per heavy atom. The molecule has 0 unspecified atom stereocenters. The summed E-state index contributed by atoms with van der Waals surface area (Å²) in [5, 5.41) is 12.4. The molecule has 1 amide bonds. The van der Waals surface area contributed by atoms with E-state index in [1.807, 2.05) is 68.4 Å². The number of amides is 1. The van der Waals surface area contributed by atoms with Crippen molar-refractivity contribution in [3.63, 3.8) is 0 Å². The number of aryl methyl sites for hydroxylation is 1. The van der Waals surface area contributed by atoms with Crippen LogP contribution in [0.5, 0.6) is 11.5 Å². The second kappa shape index (κ2) is 11.2. The molecule has 162 valence electrons. The minimum atomic E-state index is -0.476. The van der Waals surface area contributed by atoms with Crippen LogP contribution in [-0.2, 0) is 11.4 Å². The van der Waals surface area contributed by atoms with Gasteiger partial charge in [-0.1, -0.05) is 64.5 Å². The lowest BCUT2D eigenvalue weighted by Crippen LogP contribution is -2.14. The second-order valence-electron chi connectivity index (χ2n) is 6.97. The zero-order valence-corrected chi connectivity index (χ0v) is 19.5. The van der Waals surface area contributed by atoms with Gasteiger partial charge in [0.25, 0.3) is 5.91 Å². The molecule has 0 aliphatic carbocycles. The Labute approximate surface area is 196 Å². The van der Waals surface area contributed by atoms with Crippen LogP contribution in [0.1, 0.15) is 23.6 Å². The fourth-order valence-corrected chi connectivity index (χ4v) is 3.42.